The first-order valence-corrected chi connectivity index (χ1v) is 10.7. The summed E-state index contributed by atoms with van der Waals surface area (Å²) in [6, 6.07) is 15.6. The van der Waals surface area contributed by atoms with Gasteiger partial charge in [0.15, 0.2) is 29.0 Å². The highest BCUT2D eigenvalue weighted by Gasteiger charge is 2.14. The summed E-state index contributed by atoms with van der Waals surface area (Å²) in [6.45, 7) is 2.70. The van der Waals surface area contributed by atoms with Gasteiger partial charge in [-0.25, -0.2) is 4.99 Å². The topological polar surface area (TPSA) is 86.5 Å². The van der Waals surface area contributed by atoms with Crippen molar-refractivity contribution < 1.29 is 23.4 Å². The fraction of sp³-hybridized carbons (Fsp3) is 0.292. The van der Waals surface area contributed by atoms with Crippen LogP contribution in [-0.2, 0) is 13.0 Å². The van der Waals surface area contributed by atoms with E-state index in [9.17, 15) is 0 Å². The minimum atomic E-state index is 0. The quantitative estimate of drug-likeness (QED) is 0.258. The van der Waals surface area contributed by atoms with Crippen molar-refractivity contribution in [2.75, 3.05) is 31.9 Å². The Balaban J connectivity index is 0.00000259. The number of fused-ring (bicyclic) bond motifs is 2. The molecule has 2 aliphatic heterocycles. The van der Waals surface area contributed by atoms with Crippen LogP contribution in [0.2, 0.25) is 0 Å². The molecular formula is C24H26IN3O5. The largest absolute Gasteiger partial charge is 0.490 e. The number of aliphatic imine (C=N–C) groups is 1. The summed E-state index contributed by atoms with van der Waals surface area (Å²) >= 11 is 0. The first kappa shape index (κ1) is 23.1. The van der Waals surface area contributed by atoms with Gasteiger partial charge in [-0.15, -0.1) is 24.0 Å². The lowest BCUT2D eigenvalue weighted by atomic mass is 10.1. The smallest absolute Gasteiger partial charge is 0.231 e. The summed E-state index contributed by atoms with van der Waals surface area (Å²) in [5.41, 5.74) is 2.02. The van der Waals surface area contributed by atoms with Gasteiger partial charge >= 0.3 is 0 Å². The summed E-state index contributed by atoms with van der Waals surface area (Å²) in [5.74, 6) is 4.52. The van der Waals surface area contributed by atoms with Crippen molar-refractivity contribution in [3.63, 3.8) is 0 Å². The van der Waals surface area contributed by atoms with E-state index in [-0.39, 0.29) is 30.8 Å². The molecule has 174 valence electrons. The van der Waals surface area contributed by atoms with Crippen LogP contribution in [0.25, 0.3) is 0 Å². The minimum Gasteiger partial charge on any atom is -0.490 e. The molecule has 1 aromatic heterocycles. The summed E-state index contributed by atoms with van der Waals surface area (Å²) in [4.78, 5) is 4.67. The van der Waals surface area contributed by atoms with Gasteiger partial charge in [0.25, 0.3) is 0 Å². The number of rotatable bonds is 6. The van der Waals surface area contributed by atoms with E-state index in [4.69, 9.17) is 23.4 Å². The number of ether oxygens (including phenoxy) is 4. The Morgan fingerprint density at radius 1 is 0.879 bits per heavy atom. The fourth-order valence-electron chi connectivity index (χ4n) is 3.50. The molecule has 0 saturated heterocycles. The standard InChI is InChI=1S/C24H25N3O5.HI/c1-3-19(28-10-1)15-26-24(25-9-8-17-4-6-21-22(13-17)32-16-31-21)27-18-5-7-20-23(14-18)30-12-2-11-29-20;/h1,3-7,10,13-14H,2,8-9,11-12,15-16H2,(H2,25,26,27);1H. The van der Waals surface area contributed by atoms with Crippen LogP contribution in [0, 0.1) is 0 Å². The van der Waals surface area contributed by atoms with Gasteiger partial charge in [0.2, 0.25) is 6.79 Å². The highest BCUT2D eigenvalue weighted by Crippen LogP contribution is 2.33. The number of furan rings is 1. The molecule has 0 radical (unpaired) electrons. The Hall–Kier alpha value is -3.08. The van der Waals surface area contributed by atoms with E-state index in [1.807, 2.05) is 48.5 Å². The maximum absolute atomic E-state index is 5.80. The molecule has 0 saturated carbocycles. The van der Waals surface area contributed by atoms with Gasteiger partial charge in [0.1, 0.15) is 12.3 Å². The van der Waals surface area contributed by atoms with E-state index in [1.54, 1.807) is 6.26 Å². The molecular weight excluding hydrogens is 537 g/mol. The average molecular weight is 563 g/mol. The number of nitrogens with one attached hydrogen (secondary N) is 2. The Morgan fingerprint density at radius 3 is 2.55 bits per heavy atom. The third-order valence-corrected chi connectivity index (χ3v) is 5.13. The average Bonchev–Trinajstić information content (AvgIpc) is 3.44. The molecule has 8 nitrogen and oxygen atoms in total. The summed E-state index contributed by atoms with van der Waals surface area (Å²) in [7, 11) is 0. The van der Waals surface area contributed by atoms with Gasteiger partial charge in [0.05, 0.1) is 19.5 Å². The van der Waals surface area contributed by atoms with Crippen LogP contribution in [0.5, 0.6) is 23.0 Å². The number of hydrogen-bond donors (Lipinski definition) is 2. The van der Waals surface area contributed by atoms with Crippen LogP contribution in [0.1, 0.15) is 17.7 Å². The van der Waals surface area contributed by atoms with Crippen molar-refractivity contribution in [2.45, 2.75) is 19.4 Å². The van der Waals surface area contributed by atoms with Crippen molar-refractivity contribution in [2.24, 2.45) is 4.99 Å². The number of halogens is 1. The molecule has 0 fully saturated rings. The van der Waals surface area contributed by atoms with E-state index in [2.05, 4.69) is 15.6 Å². The maximum Gasteiger partial charge on any atom is 0.231 e. The molecule has 3 aromatic rings. The lowest BCUT2D eigenvalue weighted by Gasteiger charge is -2.14. The van der Waals surface area contributed by atoms with E-state index in [1.165, 1.54) is 0 Å². The molecule has 2 N–H and O–H groups in total. The molecule has 2 aromatic carbocycles. The fourth-order valence-corrected chi connectivity index (χ4v) is 3.50. The first-order valence-electron chi connectivity index (χ1n) is 10.7. The summed E-state index contributed by atoms with van der Waals surface area (Å²) in [5, 5.41) is 6.75. The zero-order valence-electron chi connectivity index (χ0n) is 18.0. The maximum atomic E-state index is 5.80. The lowest BCUT2D eigenvalue weighted by Crippen LogP contribution is -2.32. The van der Waals surface area contributed by atoms with Crippen LogP contribution < -0.4 is 29.6 Å². The van der Waals surface area contributed by atoms with E-state index < -0.39 is 0 Å². The molecule has 2 aliphatic rings. The van der Waals surface area contributed by atoms with Crippen LogP contribution in [0.15, 0.2) is 64.2 Å². The third-order valence-electron chi connectivity index (χ3n) is 5.13. The van der Waals surface area contributed by atoms with Gasteiger partial charge in [0, 0.05) is 24.7 Å². The number of hydrogen-bond acceptors (Lipinski definition) is 6. The molecule has 0 bridgehead atoms. The molecule has 0 unspecified atom stereocenters. The Morgan fingerprint density at radius 2 is 1.67 bits per heavy atom. The van der Waals surface area contributed by atoms with E-state index in [0.29, 0.717) is 32.3 Å². The highest BCUT2D eigenvalue weighted by molar-refractivity contribution is 14.0. The van der Waals surface area contributed by atoms with Gasteiger partial charge < -0.3 is 34.0 Å². The van der Waals surface area contributed by atoms with Gasteiger partial charge in [-0.2, -0.15) is 0 Å². The Bertz CT molecular complexity index is 1090. The Labute approximate surface area is 209 Å². The predicted molar refractivity (Wildman–Crippen MR) is 135 cm³/mol. The molecule has 3 heterocycles. The normalized spacial score (nSPS) is 14.2. The zero-order chi connectivity index (χ0) is 21.6. The number of guanidine groups is 1. The SMILES string of the molecule is I.c1coc(CN=C(NCCc2ccc3c(c2)OCO3)Nc2ccc3c(c2)OCCCO3)c1. The predicted octanol–water partition coefficient (Wildman–Crippen LogP) is 4.59. The second-order valence-electron chi connectivity index (χ2n) is 7.45. The molecule has 0 aliphatic carbocycles. The zero-order valence-corrected chi connectivity index (χ0v) is 20.4. The van der Waals surface area contributed by atoms with Crippen molar-refractivity contribution in [1.29, 1.82) is 0 Å². The first-order chi connectivity index (χ1) is 15.8. The monoisotopic (exact) mass is 563 g/mol. The number of anilines is 1. The Kier molecular flexibility index (Phi) is 7.82. The van der Waals surface area contributed by atoms with E-state index in [0.717, 1.165) is 52.9 Å². The lowest BCUT2D eigenvalue weighted by molar-refractivity contribution is 0.174. The minimum absolute atomic E-state index is 0. The van der Waals surface area contributed by atoms with Crippen LogP contribution in [0.4, 0.5) is 5.69 Å². The molecule has 33 heavy (non-hydrogen) atoms. The van der Waals surface area contributed by atoms with Crippen molar-refractivity contribution >= 4 is 35.6 Å². The van der Waals surface area contributed by atoms with Crippen molar-refractivity contribution in [3.8, 4) is 23.0 Å². The second kappa shape index (κ2) is 11.2. The summed E-state index contributed by atoms with van der Waals surface area (Å²) in [6.07, 6.45) is 3.32. The van der Waals surface area contributed by atoms with Crippen LogP contribution in [0.3, 0.4) is 0 Å². The molecule has 0 amide bonds. The van der Waals surface area contributed by atoms with Crippen molar-refractivity contribution in [1.82, 2.24) is 5.32 Å². The highest BCUT2D eigenvalue weighted by atomic mass is 127. The number of benzene rings is 2. The molecule has 0 atom stereocenters. The summed E-state index contributed by atoms with van der Waals surface area (Å²) < 4.78 is 27.8. The van der Waals surface area contributed by atoms with Crippen LogP contribution in [-0.4, -0.2) is 32.5 Å². The van der Waals surface area contributed by atoms with Gasteiger partial charge in [-0.3, -0.25) is 0 Å². The van der Waals surface area contributed by atoms with Gasteiger partial charge in [-0.1, -0.05) is 6.07 Å². The van der Waals surface area contributed by atoms with Crippen molar-refractivity contribution in [3.05, 3.63) is 66.1 Å². The van der Waals surface area contributed by atoms with Crippen LogP contribution >= 0.6 is 24.0 Å². The van der Waals surface area contributed by atoms with Gasteiger partial charge in [-0.05, 0) is 48.4 Å². The third kappa shape index (κ3) is 6.04. The molecule has 0 spiro atoms. The number of nitrogens with zero attached hydrogens (tertiary/aromatic N) is 1. The van der Waals surface area contributed by atoms with E-state index >= 15 is 0 Å². The second-order valence-corrected chi connectivity index (χ2v) is 7.45. The molecule has 9 heteroatoms. The molecule has 5 rings (SSSR count).